The van der Waals surface area contributed by atoms with Crippen LogP contribution in [-0.2, 0) is 9.53 Å². The van der Waals surface area contributed by atoms with Crippen molar-refractivity contribution in [1.82, 2.24) is 5.32 Å². The van der Waals surface area contributed by atoms with Crippen LogP contribution in [0.2, 0.25) is 0 Å². The minimum Gasteiger partial charge on any atom is -0.493 e. The highest BCUT2D eigenvalue weighted by Crippen LogP contribution is 2.39. The first kappa shape index (κ1) is 26.5. The zero-order chi connectivity index (χ0) is 25.6. The van der Waals surface area contributed by atoms with E-state index in [1.54, 1.807) is 25.1 Å². The van der Waals surface area contributed by atoms with Gasteiger partial charge in [0.25, 0.3) is 5.91 Å². The number of carbonyl (C=O) groups is 2. The van der Waals surface area contributed by atoms with E-state index in [-0.39, 0.29) is 46.8 Å². The van der Waals surface area contributed by atoms with Crippen molar-refractivity contribution in [3.8, 4) is 11.5 Å². The standard InChI is InChI=1S/C25H26F3NO5S/c1-4-34-24(31)22(17-8-12-20(32-2)21(14-17)33-3)16-5-9-18(13-16)29-23(30)15-6-10-19(11-7-15)35-25(26,27)28/h5-12,14,16,18,22H,4,13H2,1-3H3,(H,29,30)/t16-,18-,22+/m1/s1. The minimum absolute atomic E-state index is 0.00192. The molecule has 0 heterocycles. The number of amides is 1. The molecule has 10 heteroatoms. The first-order chi connectivity index (χ1) is 16.6. The molecule has 1 amide bonds. The summed E-state index contributed by atoms with van der Waals surface area (Å²) in [5, 5.41) is 2.86. The Labute approximate surface area is 205 Å². The van der Waals surface area contributed by atoms with Gasteiger partial charge in [-0.1, -0.05) is 18.2 Å². The lowest BCUT2D eigenvalue weighted by Crippen LogP contribution is -2.33. The van der Waals surface area contributed by atoms with Gasteiger partial charge in [-0.15, -0.1) is 0 Å². The number of ether oxygens (including phenoxy) is 3. The molecule has 0 fully saturated rings. The van der Waals surface area contributed by atoms with Gasteiger partial charge in [-0.3, -0.25) is 9.59 Å². The number of halogens is 3. The Morgan fingerprint density at radius 2 is 1.74 bits per heavy atom. The third-order valence-corrected chi connectivity index (χ3v) is 6.26. The van der Waals surface area contributed by atoms with Gasteiger partial charge in [0.2, 0.25) is 0 Å². The van der Waals surface area contributed by atoms with Gasteiger partial charge in [0, 0.05) is 16.5 Å². The SMILES string of the molecule is CCOC(=O)[C@H](c1ccc(OC)c(OC)c1)[C@@H]1C=C[C@@H](NC(=O)c2ccc(SC(F)(F)F)cc2)C1. The fourth-order valence-corrected chi connectivity index (χ4v) is 4.52. The van der Waals surface area contributed by atoms with E-state index in [1.165, 1.54) is 38.5 Å². The Balaban J connectivity index is 1.71. The molecule has 2 aromatic rings. The summed E-state index contributed by atoms with van der Waals surface area (Å²) in [5.41, 5.74) is -3.45. The highest BCUT2D eigenvalue weighted by Gasteiger charge is 2.35. The predicted octanol–water partition coefficient (Wildman–Crippen LogP) is 5.34. The maximum Gasteiger partial charge on any atom is 0.446 e. The van der Waals surface area contributed by atoms with E-state index in [0.29, 0.717) is 23.5 Å². The molecule has 6 nitrogen and oxygen atoms in total. The Bertz CT molecular complexity index is 1070. The lowest BCUT2D eigenvalue weighted by molar-refractivity contribution is -0.146. The van der Waals surface area contributed by atoms with Crippen LogP contribution >= 0.6 is 11.8 Å². The van der Waals surface area contributed by atoms with E-state index in [0.717, 1.165) is 0 Å². The van der Waals surface area contributed by atoms with Crippen LogP contribution in [0.25, 0.3) is 0 Å². The molecule has 0 bridgehead atoms. The summed E-state index contributed by atoms with van der Waals surface area (Å²) in [4.78, 5) is 25.5. The van der Waals surface area contributed by atoms with Crippen LogP contribution < -0.4 is 14.8 Å². The van der Waals surface area contributed by atoms with Crippen molar-refractivity contribution < 1.29 is 37.0 Å². The molecule has 0 aliphatic heterocycles. The van der Waals surface area contributed by atoms with Gasteiger partial charge in [0.15, 0.2) is 11.5 Å². The molecule has 1 aliphatic carbocycles. The van der Waals surface area contributed by atoms with E-state index in [9.17, 15) is 22.8 Å². The van der Waals surface area contributed by atoms with Crippen LogP contribution in [0.3, 0.4) is 0 Å². The highest BCUT2D eigenvalue weighted by molar-refractivity contribution is 8.00. The second-order valence-corrected chi connectivity index (χ2v) is 8.92. The van der Waals surface area contributed by atoms with E-state index in [2.05, 4.69) is 5.32 Å². The van der Waals surface area contributed by atoms with Gasteiger partial charge in [-0.25, -0.2) is 0 Å². The Hall–Kier alpha value is -3.14. The Kier molecular flexibility index (Phi) is 8.71. The largest absolute Gasteiger partial charge is 0.493 e. The lowest BCUT2D eigenvalue weighted by Gasteiger charge is -2.23. The number of rotatable bonds is 9. The molecular formula is C25H26F3NO5S. The molecule has 3 rings (SSSR count). The summed E-state index contributed by atoms with van der Waals surface area (Å²) in [7, 11) is 3.03. The minimum atomic E-state index is -4.39. The third kappa shape index (κ3) is 6.94. The van der Waals surface area contributed by atoms with Crippen molar-refractivity contribution in [3.05, 3.63) is 65.7 Å². The number of hydrogen-bond donors (Lipinski definition) is 1. The quantitative estimate of drug-likeness (QED) is 0.280. The summed E-state index contributed by atoms with van der Waals surface area (Å²) in [6.07, 6.45) is 4.13. The van der Waals surface area contributed by atoms with Crippen molar-refractivity contribution >= 4 is 23.6 Å². The van der Waals surface area contributed by atoms with Gasteiger partial charge >= 0.3 is 11.5 Å². The Morgan fingerprint density at radius 1 is 1.06 bits per heavy atom. The average Bonchev–Trinajstić information content (AvgIpc) is 3.26. The molecular weight excluding hydrogens is 483 g/mol. The van der Waals surface area contributed by atoms with Crippen molar-refractivity contribution in [2.24, 2.45) is 5.92 Å². The third-order valence-electron chi connectivity index (χ3n) is 5.52. The van der Waals surface area contributed by atoms with Crippen molar-refractivity contribution in [2.75, 3.05) is 20.8 Å². The number of allylic oxidation sites excluding steroid dienone is 1. The van der Waals surface area contributed by atoms with Gasteiger partial charge in [0.1, 0.15) is 0 Å². The number of hydrogen-bond acceptors (Lipinski definition) is 6. The number of nitrogens with one attached hydrogen (secondary N) is 1. The maximum atomic E-state index is 12.9. The molecule has 188 valence electrons. The zero-order valence-corrected chi connectivity index (χ0v) is 20.2. The number of esters is 1. The smallest absolute Gasteiger partial charge is 0.446 e. The van der Waals surface area contributed by atoms with Crippen molar-refractivity contribution in [1.29, 1.82) is 0 Å². The molecule has 3 atom stereocenters. The summed E-state index contributed by atoms with van der Waals surface area (Å²) < 4.78 is 53.5. The first-order valence-electron chi connectivity index (χ1n) is 10.9. The van der Waals surface area contributed by atoms with Crippen LogP contribution in [0.1, 0.15) is 35.2 Å². The summed E-state index contributed by atoms with van der Waals surface area (Å²) >= 11 is -0.237. The highest BCUT2D eigenvalue weighted by atomic mass is 32.2. The molecule has 1 N–H and O–H groups in total. The summed E-state index contributed by atoms with van der Waals surface area (Å²) in [5.74, 6) is -0.653. The van der Waals surface area contributed by atoms with Gasteiger partial charge in [0.05, 0.1) is 26.7 Å². The lowest BCUT2D eigenvalue weighted by atomic mass is 9.85. The fourth-order valence-electron chi connectivity index (χ4n) is 3.98. The van der Waals surface area contributed by atoms with Gasteiger partial charge in [-0.2, -0.15) is 13.2 Å². The molecule has 0 saturated heterocycles. The van der Waals surface area contributed by atoms with Gasteiger partial charge in [-0.05, 0) is 73.0 Å². The monoisotopic (exact) mass is 509 g/mol. The topological polar surface area (TPSA) is 73.9 Å². The van der Waals surface area contributed by atoms with E-state index < -0.39 is 17.3 Å². The van der Waals surface area contributed by atoms with Crippen LogP contribution in [-0.4, -0.2) is 44.3 Å². The van der Waals surface area contributed by atoms with E-state index >= 15 is 0 Å². The second kappa shape index (κ2) is 11.5. The molecule has 35 heavy (non-hydrogen) atoms. The number of benzene rings is 2. The van der Waals surface area contributed by atoms with Crippen LogP contribution in [0.5, 0.6) is 11.5 Å². The molecule has 0 unspecified atom stereocenters. The summed E-state index contributed by atoms with van der Waals surface area (Å²) in [6.45, 7) is 1.96. The zero-order valence-electron chi connectivity index (χ0n) is 19.4. The Morgan fingerprint density at radius 3 is 2.34 bits per heavy atom. The van der Waals surface area contributed by atoms with E-state index in [4.69, 9.17) is 14.2 Å². The van der Waals surface area contributed by atoms with Crippen LogP contribution in [0.15, 0.2) is 59.5 Å². The van der Waals surface area contributed by atoms with Gasteiger partial charge < -0.3 is 19.5 Å². The number of carbonyl (C=O) groups excluding carboxylic acids is 2. The molecule has 0 aromatic heterocycles. The average molecular weight is 510 g/mol. The van der Waals surface area contributed by atoms with E-state index in [1.807, 2.05) is 12.2 Å². The predicted molar refractivity (Wildman–Crippen MR) is 126 cm³/mol. The van der Waals surface area contributed by atoms with Crippen LogP contribution in [0.4, 0.5) is 13.2 Å². The fraction of sp³-hybridized carbons (Fsp3) is 0.360. The van der Waals surface area contributed by atoms with Crippen LogP contribution in [0, 0.1) is 5.92 Å². The maximum absolute atomic E-state index is 12.9. The second-order valence-electron chi connectivity index (χ2n) is 7.78. The normalized spacial score (nSPS) is 18.1. The molecule has 2 aromatic carbocycles. The molecule has 0 spiro atoms. The van der Waals surface area contributed by atoms with Crippen molar-refractivity contribution in [3.63, 3.8) is 0 Å². The molecule has 1 aliphatic rings. The first-order valence-corrected chi connectivity index (χ1v) is 11.7. The van der Waals surface area contributed by atoms with Crippen molar-refractivity contribution in [2.45, 2.75) is 35.7 Å². The molecule has 0 radical (unpaired) electrons. The number of alkyl halides is 3. The number of thioether (sulfide) groups is 1. The molecule has 0 saturated carbocycles. The number of methoxy groups -OCH3 is 2. The summed E-state index contributed by atoms with van der Waals surface area (Å²) in [6, 6.07) is 10.1.